The zero-order chi connectivity index (χ0) is 14.4. The number of sulfone groups is 1. The molecule has 0 aliphatic heterocycles. The lowest BCUT2D eigenvalue weighted by molar-refractivity contribution is 0.346. The Kier molecular flexibility index (Phi) is 3.35. The molecule has 0 bridgehead atoms. The molecular weight excluding hydrogens is 280 g/mol. The highest BCUT2D eigenvalue weighted by Gasteiger charge is 2.18. The highest BCUT2D eigenvalue weighted by atomic mass is 32.2. The number of para-hydroxylation sites is 1. The van der Waals surface area contributed by atoms with E-state index in [1.165, 1.54) is 6.26 Å². The summed E-state index contributed by atoms with van der Waals surface area (Å²) in [6.45, 7) is 7.09. The Labute approximate surface area is 118 Å². The molecule has 104 valence electrons. The first kappa shape index (κ1) is 14.3. The first-order valence-electron chi connectivity index (χ1n) is 6.01. The van der Waals surface area contributed by atoms with E-state index in [4.69, 9.17) is 12.2 Å². The molecule has 0 aliphatic rings. The molecule has 4 nitrogen and oxygen atoms in total. The fourth-order valence-electron chi connectivity index (χ4n) is 2.09. The Morgan fingerprint density at radius 1 is 1.32 bits per heavy atom. The Bertz CT molecular complexity index is 777. The van der Waals surface area contributed by atoms with Crippen LogP contribution in [-0.2, 0) is 16.4 Å². The summed E-state index contributed by atoms with van der Waals surface area (Å²) in [6, 6.07) is 5.24. The van der Waals surface area contributed by atoms with Gasteiger partial charge in [-0.05, 0) is 29.8 Å². The van der Waals surface area contributed by atoms with E-state index in [9.17, 15) is 8.42 Å². The number of nitrogens with one attached hydrogen (secondary N) is 1. The second kappa shape index (κ2) is 4.45. The van der Waals surface area contributed by atoms with E-state index in [0.717, 1.165) is 12.1 Å². The van der Waals surface area contributed by atoms with Gasteiger partial charge in [-0.2, -0.15) is 0 Å². The average molecular weight is 298 g/mol. The lowest BCUT2D eigenvalue weighted by atomic mass is 9.97. The van der Waals surface area contributed by atoms with E-state index in [0.29, 0.717) is 15.2 Å². The number of H-pyrrole nitrogens is 1. The number of aromatic nitrogens is 2. The van der Waals surface area contributed by atoms with Gasteiger partial charge in [0, 0.05) is 12.8 Å². The van der Waals surface area contributed by atoms with Crippen LogP contribution in [0.4, 0.5) is 0 Å². The minimum absolute atomic E-state index is 0.0639. The topological polar surface area (TPSA) is 54.9 Å². The lowest BCUT2D eigenvalue weighted by Crippen LogP contribution is -2.15. The van der Waals surface area contributed by atoms with Crippen molar-refractivity contribution in [3.05, 3.63) is 23.0 Å². The fourth-order valence-corrected chi connectivity index (χ4v) is 3.21. The van der Waals surface area contributed by atoms with Crippen LogP contribution < -0.4 is 0 Å². The monoisotopic (exact) mass is 298 g/mol. The van der Waals surface area contributed by atoms with E-state index in [1.807, 2.05) is 10.6 Å². The number of nitrogens with zero attached hydrogens (tertiary/aromatic N) is 1. The molecule has 1 N–H and O–H groups in total. The minimum Gasteiger partial charge on any atom is -0.329 e. The van der Waals surface area contributed by atoms with Crippen LogP contribution in [0.5, 0.6) is 0 Å². The summed E-state index contributed by atoms with van der Waals surface area (Å²) in [6.07, 6.45) is 1.21. The van der Waals surface area contributed by atoms with Crippen LogP contribution in [0, 0.1) is 10.2 Å². The number of fused-ring (bicyclic) bond motifs is 1. The van der Waals surface area contributed by atoms with Crippen molar-refractivity contribution in [2.75, 3.05) is 6.26 Å². The molecule has 0 unspecified atom stereocenters. The number of aromatic amines is 1. The molecule has 1 heterocycles. The number of benzene rings is 1. The van der Waals surface area contributed by atoms with Gasteiger partial charge in [-0.1, -0.05) is 26.8 Å². The quantitative estimate of drug-likeness (QED) is 0.867. The van der Waals surface area contributed by atoms with E-state index in [1.54, 1.807) is 12.1 Å². The van der Waals surface area contributed by atoms with Crippen molar-refractivity contribution in [1.29, 1.82) is 0 Å². The molecule has 0 radical (unpaired) electrons. The average Bonchev–Trinajstić information content (AvgIpc) is 2.52. The van der Waals surface area contributed by atoms with Gasteiger partial charge in [-0.25, -0.2) is 8.42 Å². The molecule has 0 fully saturated rings. The highest BCUT2D eigenvalue weighted by Crippen LogP contribution is 2.25. The van der Waals surface area contributed by atoms with Crippen LogP contribution >= 0.6 is 12.2 Å². The Morgan fingerprint density at radius 3 is 2.47 bits per heavy atom. The molecule has 6 heteroatoms. The molecule has 2 rings (SSSR count). The van der Waals surface area contributed by atoms with Gasteiger partial charge >= 0.3 is 0 Å². The summed E-state index contributed by atoms with van der Waals surface area (Å²) < 4.78 is 26.1. The van der Waals surface area contributed by atoms with Gasteiger partial charge in [0.05, 0.1) is 15.9 Å². The van der Waals surface area contributed by atoms with Gasteiger partial charge in [-0.15, -0.1) is 0 Å². The molecule has 0 spiro atoms. The third-order valence-corrected chi connectivity index (χ3v) is 4.27. The Balaban J connectivity index is 2.77. The summed E-state index contributed by atoms with van der Waals surface area (Å²) in [5.41, 5.74) is 1.50. The molecule has 0 saturated heterocycles. The third-order valence-electron chi connectivity index (χ3n) is 2.80. The molecule has 0 aliphatic carbocycles. The summed E-state index contributed by atoms with van der Waals surface area (Å²) in [4.78, 5) is 3.32. The first-order valence-corrected chi connectivity index (χ1v) is 8.31. The van der Waals surface area contributed by atoms with Crippen molar-refractivity contribution in [3.8, 4) is 0 Å². The lowest BCUT2D eigenvalue weighted by Gasteiger charge is -2.19. The zero-order valence-corrected chi connectivity index (χ0v) is 13.2. The summed E-state index contributed by atoms with van der Waals surface area (Å²) >= 11 is 5.32. The Hall–Kier alpha value is -1.14. The summed E-state index contributed by atoms with van der Waals surface area (Å²) in [5.74, 6) is 0. The smallest absolute Gasteiger partial charge is 0.178 e. The maximum Gasteiger partial charge on any atom is 0.178 e. The number of imidazole rings is 1. The van der Waals surface area contributed by atoms with Crippen LogP contribution in [0.3, 0.4) is 0 Å². The van der Waals surface area contributed by atoms with Crippen LogP contribution in [0.1, 0.15) is 20.8 Å². The maximum atomic E-state index is 11.8. The molecule has 2 aromatic rings. The molecule has 0 atom stereocenters. The van der Waals surface area contributed by atoms with Crippen LogP contribution in [0.2, 0.25) is 0 Å². The van der Waals surface area contributed by atoms with E-state index in [2.05, 4.69) is 25.8 Å². The van der Waals surface area contributed by atoms with Crippen molar-refractivity contribution < 1.29 is 8.42 Å². The highest BCUT2D eigenvalue weighted by molar-refractivity contribution is 7.91. The largest absolute Gasteiger partial charge is 0.329 e. The van der Waals surface area contributed by atoms with Gasteiger partial charge in [0.1, 0.15) is 0 Å². The van der Waals surface area contributed by atoms with Crippen LogP contribution in [-0.4, -0.2) is 24.2 Å². The minimum atomic E-state index is -3.27. The number of hydrogen-bond acceptors (Lipinski definition) is 3. The molecule has 1 aromatic carbocycles. The van der Waals surface area contributed by atoms with Crippen molar-refractivity contribution in [2.45, 2.75) is 32.2 Å². The van der Waals surface area contributed by atoms with Crippen LogP contribution in [0.15, 0.2) is 23.1 Å². The van der Waals surface area contributed by atoms with Gasteiger partial charge < -0.3 is 9.55 Å². The molecule has 0 amide bonds. The van der Waals surface area contributed by atoms with Gasteiger partial charge in [0.2, 0.25) is 0 Å². The van der Waals surface area contributed by atoms with Crippen molar-refractivity contribution in [3.63, 3.8) is 0 Å². The van der Waals surface area contributed by atoms with E-state index < -0.39 is 9.84 Å². The normalized spacial score (nSPS) is 13.1. The van der Waals surface area contributed by atoms with Crippen molar-refractivity contribution in [2.24, 2.45) is 5.41 Å². The van der Waals surface area contributed by atoms with Crippen molar-refractivity contribution >= 4 is 33.1 Å². The SMILES string of the molecule is CC(C)(C)Cn1c(=S)[nH]c2c(S(C)(=O)=O)cccc21. The molecular formula is C13H18N2O2S2. The van der Waals surface area contributed by atoms with Gasteiger partial charge in [0.25, 0.3) is 0 Å². The second-order valence-electron chi connectivity index (χ2n) is 6.00. The van der Waals surface area contributed by atoms with Crippen molar-refractivity contribution in [1.82, 2.24) is 9.55 Å². The zero-order valence-electron chi connectivity index (χ0n) is 11.5. The fraction of sp³-hybridized carbons (Fsp3) is 0.462. The number of rotatable bonds is 2. The maximum absolute atomic E-state index is 11.8. The Morgan fingerprint density at radius 2 is 1.95 bits per heavy atom. The molecule has 1 aromatic heterocycles. The second-order valence-corrected chi connectivity index (χ2v) is 8.37. The van der Waals surface area contributed by atoms with Crippen LogP contribution in [0.25, 0.3) is 11.0 Å². The van der Waals surface area contributed by atoms with Gasteiger partial charge in [-0.3, -0.25) is 0 Å². The predicted molar refractivity (Wildman–Crippen MR) is 79.7 cm³/mol. The summed E-state index contributed by atoms with van der Waals surface area (Å²) in [5, 5.41) is 0. The standard InChI is InChI=1S/C13H18N2O2S2/c1-13(2,3)8-15-9-6-5-7-10(19(4,16)17)11(9)14-12(15)18/h5-7H,8H2,1-4H3,(H,14,18). The predicted octanol–water partition coefficient (Wildman–Crippen LogP) is 3.15. The van der Waals surface area contributed by atoms with Gasteiger partial charge in [0.15, 0.2) is 14.6 Å². The molecule has 0 saturated carbocycles. The number of hydrogen-bond donors (Lipinski definition) is 1. The summed E-state index contributed by atoms with van der Waals surface area (Å²) in [7, 11) is -3.27. The van der Waals surface area contributed by atoms with E-state index in [-0.39, 0.29) is 5.41 Å². The first-order chi connectivity index (χ1) is 8.59. The third kappa shape index (κ3) is 2.90. The molecule has 19 heavy (non-hydrogen) atoms. The van der Waals surface area contributed by atoms with E-state index >= 15 is 0 Å².